The van der Waals surface area contributed by atoms with Gasteiger partial charge in [-0.3, -0.25) is 13.9 Å². The molecule has 3 rings (SSSR count). The Hall–Kier alpha value is -3.85. The highest BCUT2D eigenvalue weighted by Gasteiger charge is 2.33. The van der Waals surface area contributed by atoms with E-state index in [9.17, 15) is 18.0 Å². The van der Waals surface area contributed by atoms with Crippen LogP contribution in [0.2, 0.25) is 0 Å². The number of carbonyl (C=O) groups excluding carboxylic acids is 2. The fraction of sp³-hybridized carbons (Fsp3) is 0.355. The second-order valence-electron chi connectivity index (χ2n) is 9.75. The number of hydrogen-bond donors (Lipinski definition) is 1. The van der Waals surface area contributed by atoms with Crippen LogP contribution in [0.3, 0.4) is 0 Å². The summed E-state index contributed by atoms with van der Waals surface area (Å²) in [6, 6.07) is 20.0. The van der Waals surface area contributed by atoms with E-state index in [2.05, 4.69) is 5.32 Å². The molecular weight excluding hydrogens is 526 g/mol. The summed E-state index contributed by atoms with van der Waals surface area (Å²) in [5, 5.41) is 2.89. The minimum atomic E-state index is -4.10. The first-order valence-corrected chi connectivity index (χ1v) is 14.9. The van der Waals surface area contributed by atoms with Gasteiger partial charge in [0, 0.05) is 13.1 Å². The molecule has 0 saturated carbocycles. The number of sulfonamides is 1. The van der Waals surface area contributed by atoms with E-state index >= 15 is 0 Å². The number of ether oxygens (including phenoxy) is 1. The van der Waals surface area contributed by atoms with Crippen molar-refractivity contribution in [3.63, 3.8) is 0 Å². The Balaban J connectivity index is 2.05. The zero-order valence-electron chi connectivity index (χ0n) is 23.9. The normalized spacial score (nSPS) is 11.9. The van der Waals surface area contributed by atoms with Crippen LogP contribution in [0.15, 0.2) is 77.7 Å². The molecule has 0 aliphatic carbocycles. The highest BCUT2D eigenvalue weighted by atomic mass is 32.2. The molecule has 0 bridgehead atoms. The number of amides is 2. The lowest BCUT2D eigenvalue weighted by Gasteiger charge is -2.33. The van der Waals surface area contributed by atoms with Crippen molar-refractivity contribution in [1.29, 1.82) is 0 Å². The summed E-state index contributed by atoms with van der Waals surface area (Å²) in [7, 11) is -2.54. The largest absolute Gasteiger partial charge is 0.497 e. The number of nitrogens with zero attached hydrogens (tertiary/aromatic N) is 2. The predicted octanol–water partition coefficient (Wildman–Crippen LogP) is 4.84. The summed E-state index contributed by atoms with van der Waals surface area (Å²) in [4.78, 5) is 28.8. The van der Waals surface area contributed by atoms with Crippen LogP contribution in [0.25, 0.3) is 0 Å². The molecule has 3 aromatic rings. The van der Waals surface area contributed by atoms with Gasteiger partial charge in [0.1, 0.15) is 18.3 Å². The quantitative estimate of drug-likeness (QED) is 0.320. The third-order valence-electron chi connectivity index (χ3n) is 6.63. The molecule has 9 heteroatoms. The highest BCUT2D eigenvalue weighted by Crippen LogP contribution is 2.26. The zero-order valence-corrected chi connectivity index (χ0v) is 24.7. The maximum atomic E-state index is 14.1. The maximum Gasteiger partial charge on any atom is 0.264 e. The molecular formula is C31H39N3O5S. The van der Waals surface area contributed by atoms with Gasteiger partial charge in [0.2, 0.25) is 11.8 Å². The summed E-state index contributed by atoms with van der Waals surface area (Å²) in [6.45, 7) is 7.70. The summed E-state index contributed by atoms with van der Waals surface area (Å²) in [5.74, 6) is -0.141. The average Bonchev–Trinajstić information content (AvgIpc) is 2.95. The Morgan fingerprint density at radius 3 is 2.12 bits per heavy atom. The van der Waals surface area contributed by atoms with E-state index in [0.717, 1.165) is 27.4 Å². The molecule has 1 N–H and O–H groups in total. The minimum Gasteiger partial charge on any atom is -0.497 e. The van der Waals surface area contributed by atoms with Gasteiger partial charge in [0.25, 0.3) is 10.0 Å². The molecule has 3 aromatic carbocycles. The van der Waals surface area contributed by atoms with E-state index in [1.165, 1.54) is 17.0 Å². The molecule has 0 spiro atoms. The van der Waals surface area contributed by atoms with Crippen molar-refractivity contribution in [2.24, 2.45) is 0 Å². The topological polar surface area (TPSA) is 96.0 Å². The fourth-order valence-electron chi connectivity index (χ4n) is 4.33. The van der Waals surface area contributed by atoms with Crippen molar-refractivity contribution < 1.29 is 22.7 Å². The third kappa shape index (κ3) is 7.63. The second-order valence-corrected chi connectivity index (χ2v) is 11.6. The van der Waals surface area contributed by atoms with E-state index in [1.807, 2.05) is 39.8 Å². The molecule has 0 aliphatic heterocycles. The number of nitrogens with one attached hydrogen (secondary N) is 1. The molecule has 40 heavy (non-hydrogen) atoms. The van der Waals surface area contributed by atoms with Crippen molar-refractivity contribution in [2.45, 2.75) is 58.0 Å². The SMILES string of the molecule is CCCNC(=O)[C@H](CC)N(Cc1cccc(OC)c1)C(=O)CN(c1ccc(C)cc1)S(=O)(=O)c1ccc(C)cc1. The van der Waals surface area contributed by atoms with Crippen LogP contribution in [-0.2, 0) is 26.2 Å². The van der Waals surface area contributed by atoms with Gasteiger partial charge in [0.15, 0.2) is 0 Å². The average molecular weight is 566 g/mol. The van der Waals surface area contributed by atoms with Crippen LogP contribution in [0.4, 0.5) is 5.69 Å². The van der Waals surface area contributed by atoms with Gasteiger partial charge < -0.3 is 15.0 Å². The second kappa shape index (κ2) is 14.0. The van der Waals surface area contributed by atoms with E-state index in [1.54, 1.807) is 55.6 Å². The Labute approximate surface area is 238 Å². The molecule has 0 aromatic heterocycles. The number of rotatable bonds is 13. The molecule has 0 heterocycles. The molecule has 214 valence electrons. The van der Waals surface area contributed by atoms with Crippen molar-refractivity contribution in [2.75, 3.05) is 24.5 Å². The first-order valence-electron chi connectivity index (χ1n) is 13.5. The van der Waals surface area contributed by atoms with Gasteiger partial charge >= 0.3 is 0 Å². The number of aryl methyl sites for hydroxylation is 2. The lowest BCUT2D eigenvalue weighted by molar-refractivity contribution is -0.140. The Morgan fingerprint density at radius 2 is 1.55 bits per heavy atom. The summed E-state index contributed by atoms with van der Waals surface area (Å²) >= 11 is 0. The van der Waals surface area contributed by atoms with Crippen molar-refractivity contribution in [1.82, 2.24) is 10.2 Å². The van der Waals surface area contributed by atoms with Crippen LogP contribution >= 0.6 is 0 Å². The van der Waals surface area contributed by atoms with E-state index in [-0.39, 0.29) is 17.3 Å². The Morgan fingerprint density at radius 1 is 0.925 bits per heavy atom. The standard InChI is InChI=1S/C31H39N3O5S/c1-6-19-32-31(36)29(7-2)33(21-25-9-8-10-27(20-25)39-5)30(35)22-34(26-15-11-23(3)12-16-26)40(37,38)28-17-13-24(4)14-18-28/h8-18,20,29H,6-7,19,21-22H2,1-5H3,(H,32,36)/t29-/m0/s1. The lowest BCUT2D eigenvalue weighted by atomic mass is 10.1. The van der Waals surface area contributed by atoms with Gasteiger partial charge in [-0.15, -0.1) is 0 Å². The van der Waals surface area contributed by atoms with Crippen LogP contribution in [0.1, 0.15) is 43.4 Å². The molecule has 2 amide bonds. The zero-order chi connectivity index (χ0) is 29.3. The number of hydrogen-bond acceptors (Lipinski definition) is 5. The number of methoxy groups -OCH3 is 1. The Kier molecular flexibility index (Phi) is 10.7. The monoisotopic (exact) mass is 565 g/mol. The molecule has 0 radical (unpaired) electrons. The number of benzene rings is 3. The van der Waals surface area contributed by atoms with Gasteiger partial charge in [-0.2, -0.15) is 0 Å². The number of anilines is 1. The first kappa shape index (κ1) is 30.7. The van der Waals surface area contributed by atoms with Crippen LogP contribution in [0.5, 0.6) is 5.75 Å². The third-order valence-corrected chi connectivity index (χ3v) is 8.42. The van der Waals surface area contributed by atoms with Gasteiger partial charge in [-0.1, -0.05) is 61.4 Å². The maximum absolute atomic E-state index is 14.1. The van der Waals surface area contributed by atoms with E-state index in [0.29, 0.717) is 24.4 Å². The summed E-state index contributed by atoms with van der Waals surface area (Å²) < 4.78 is 34.3. The molecule has 1 atom stereocenters. The van der Waals surface area contributed by atoms with Gasteiger partial charge in [-0.05, 0) is 68.7 Å². The Bertz CT molecular complexity index is 1390. The molecule has 0 fully saturated rings. The van der Waals surface area contributed by atoms with Crippen molar-refractivity contribution in [3.8, 4) is 5.75 Å². The minimum absolute atomic E-state index is 0.0820. The van der Waals surface area contributed by atoms with Crippen LogP contribution in [0, 0.1) is 13.8 Å². The van der Waals surface area contributed by atoms with E-state index < -0.39 is 28.5 Å². The van der Waals surface area contributed by atoms with Crippen LogP contribution < -0.4 is 14.4 Å². The van der Waals surface area contributed by atoms with Crippen molar-refractivity contribution in [3.05, 3.63) is 89.5 Å². The number of carbonyl (C=O) groups is 2. The molecule has 0 unspecified atom stereocenters. The summed E-state index contributed by atoms with van der Waals surface area (Å²) in [6.07, 6.45) is 1.11. The van der Waals surface area contributed by atoms with E-state index in [4.69, 9.17) is 4.74 Å². The predicted molar refractivity (Wildman–Crippen MR) is 158 cm³/mol. The van der Waals surface area contributed by atoms with Crippen LogP contribution in [-0.4, -0.2) is 51.4 Å². The molecule has 0 saturated heterocycles. The summed E-state index contributed by atoms with van der Waals surface area (Å²) in [5.41, 5.74) is 3.01. The fourth-order valence-corrected chi connectivity index (χ4v) is 5.74. The van der Waals surface area contributed by atoms with Crippen molar-refractivity contribution >= 4 is 27.5 Å². The highest BCUT2D eigenvalue weighted by molar-refractivity contribution is 7.92. The van der Waals surface area contributed by atoms with Gasteiger partial charge in [-0.25, -0.2) is 8.42 Å². The molecule has 0 aliphatic rings. The molecule has 8 nitrogen and oxygen atoms in total. The lowest BCUT2D eigenvalue weighted by Crippen LogP contribution is -2.52. The smallest absolute Gasteiger partial charge is 0.264 e. The first-order chi connectivity index (χ1) is 19.1. The van der Waals surface area contributed by atoms with Gasteiger partial charge in [0.05, 0.1) is 17.7 Å².